The van der Waals surface area contributed by atoms with E-state index < -0.39 is 17.3 Å². The van der Waals surface area contributed by atoms with Crippen molar-refractivity contribution in [2.75, 3.05) is 13.7 Å². The summed E-state index contributed by atoms with van der Waals surface area (Å²) in [7, 11) is 1.50. The first kappa shape index (κ1) is 17.0. The van der Waals surface area contributed by atoms with Crippen molar-refractivity contribution in [2.24, 2.45) is 0 Å². The number of ether oxygens (including phenoxy) is 1. The van der Waals surface area contributed by atoms with Gasteiger partial charge in [0.05, 0.1) is 19.3 Å². The molecule has 0 aliphatic rings. The van der Waals surface area contributed by atoms with Crippen molar-refractivity contribution in [1.82, 2.24) is 9.78 Å². The third-order valence-electron chi connectivity index (χ3n) is 3.19. The average molecular weight is 328 g/mol. The Morgan fingerprint density at radius 1 is 1.26 bits per heavy atom. The van der Waals surface area contributed by atoms with Gasteiger partial charge in [-0.15, -0.1) is 0 Å². The van der Waals surface area contributed by atoms with Crippen LogP contribution in [0.1, 0.15) is 16.8 Å². The number of rotatable bonds is 5. The minimum Gasteiger partial charge on any atom is -0.497 e. The molecule has 0 bridgehead atoms. The lowest BCUT2D eigenvalue weighted by molar-refractivity contribution is -0.139. The Balaban J connectivity index is 2.43. The number of halogens is 3. The molecule has 1 heterocycles. The zero-order valence-corrected chi connectivity index (χ0v) is 12.3. The van der Waals surface area contributed by atoms with Crippen molar-refractivity contribution in [2.45, 2.75) is 19.1 Å². The molecule has 2 rings (SSSR count). The first-order valence-electron chi connectivity index (χ1n) is 6.77. The highest BCUT2D eigenvalue weighted by molar-refractivity contribution is 5.27. The lowest BCUT2D eigenvalue weighted by atomic mass is 10.2. The summed E-state index contributed by atoms with van der Waals surface area (Å²) < 4.78 is 44.7. The molecular formula is C15H15F3N2O3. The molecule has 2 aromatic rings. The minimum absolute atomic E-state index is 0.00735. The molecule has 23 heavy (non-hydrogen) atoms. The number of methoxy groups -OCH3 is 1. The standard InChI is InChI=1S/C15H15F3N2O3/c1-23-12-4-2-10(3-5-12)9-20-14(22)13(15(16,17)18)8-11(19-20)6-7-21/h2-5,8,21H,6-7,9H2,1H3. The molecule has 0 spiro atoms. The summed E-state index contributed by atoms with van der Waals surface area (Å²) in [5.41, 5.74) is -1.89. The molecule has 0 saturated carbocycles. The zero-order chi connectivity index (χ0) is 17.0. The topological polar surface area (TPSA) is 64.3 Å². The average Bonchev–Trinajstić information content (AvgIpc) is 2.50. The third-order valence-corrected chi connectivity index (χ3v) is 3.19. The van der Waals surface area contributed by atoms with Crippen LogP contribution in [0.15, 0.2) is 35.1 Å². The molecule has 1 aromatic carbocycles. The van der Waals surface area contributed by atoms with Crippen molar-refractivity contribution in [3.8, 4) is 5.75 Å². The Kier molecular flexibility index (Phi) is 5.05. The van der Waals surface area contributed by atoms with Gasteiger partial charge in [0.1, 0.15) is 11.3 Å². The summed E-state index contributed by atoms with van der Waals surface area (Å²) in [6, 6.07) is 7.24. The van der Waals surface area contributed by atoms with Gasteiger partial charge in [-0.2, -0.15) is 18.3 Å². The minimum atomic E-state index is -4.77. The van der Waals surface area contributed by atoms with Crippen LogP contribution in [-0.4, -0.2) is 28.6 Å². The molecule has 0 atom stereocenters. The van der Waals surface area contributed by atoms with E-state index in [0.29, 0.717) is 17.4 Å². The number of nitrogens with zero attached hydrogens (tertiary/aromatic N) is 2. The van der Waals surface area contributed by atoms with Crippen LogP contribution in [0.25, 0.3) is 0 Å². The molecule has 1 aromatic heterocycles. The molecule has 0 aliphatic heterocycles. The first-order valence-corrected chi connectivity index (χ1v) is 6.77. The Hall–Kier alpha value is -2.35. The molecular weight excluding hydrogens is 313 g/mol. The fourth-order valence-electron chi connectivity index (χ4n) is 2.05. The second kappa shape index (κ2) is 6.82. The summed E-state index contributed by atoms with van der Waals surface area (Å²) in [6.45, 7) is -0.462. The molecule has 0 amide bonds. The second-order valence-electron chi connectivity index (χ2n) is 4.83. The van der Waals surface area contributed by atoms with Crippen LogP contribution in [0.2, 0.25) is 0 Å². The molecule has 124 valence electrons. The Morgan fingerprint density at radius 3 is 2.43 bits per heavy atom. The normalized spacial score (nSPS) is 11.5. The summed E-state index contributed by atoms with van der Waals surface area (Å²) in [5.74, 6) is 0.596. The van der Waals surface area contributed by atoms with Gasteiger partial charge in [-0.25, -0.2) is 4.68 Å². The van der Waals surface area contributed by atoms with Crippen LogP contribution in [0, 0.1) is 0 Å². The van der Waals surface area contributed by atoms with Crippen molar-refractivity contribution in [3.05, 3.63) is 57.5 Å². The van der Waals surface area contributed by atoms with Crippen LogP contribution in [0.3, 0.4) is 0 Å². The summed E-state index contributed by atoms with van der Waals surface area (Å²) in [4.78, 5) is 12.0. The quantitative estimate of drug-likeness (QED) is 0.910. The first-order chi connectivity index (χ1) is 10.8. The molecule has 0 unspecified atom stereocenters. The van der Waals surface area contributed by atoms with Crippen molar-refractivity contribution < 1.29 is 23.0 Å². The maximum absolute atomic E-state index is 13.0. The number of aliphatic hydroxyl groups excluding tert-OH is 1. The predicted molar refractivity (Wildman–Crippen MR) is 76.4 cm³/mol. The predicted octanol–water partition coefficient (Wildman–Crippen LogP) is 1.85. The maximum atomic E-state index is 13.0. The van der Waals surface area contributed by atoms with Gasteiger partial charge < -0.3 is 9.84 Å². The maximum Gasteiger partial charge on any atom is 0.421 e. The summed E-state index contributed by atoms with van der Waals surface area (Å²) >= 11 is 0. The highest BCUT2D eigenvalue weighted by Crippen LogP contribution is 2.26. The van der Waals surface area contributed by atoms with E-state index >= 15 is 0 Å². The number of hydrogen-bond donors (Lipinski definition) is 1. The van der Waals surface area contributed by atoms with Crippen molar-refractivity contribution >= 4 is 0 Å². The van der Waals surface area contributed by atoms with Gasteiger partial charge in [0, 0.05) is 13.0 Å². The van der Waals surface area contributed by atoms with Crippen LogP contribution in [-0.2, 0) is 19.1 Å². The fraction of sp³-hybridized carbons (Fsp3) is 0.333. The number of aliphatic hydroxyl groups is 1. The van der Waals surface area contributed by atoms with Gasteiger partial charge in [0.2, 0.25) is 0 Å². The van der Waals surface area contributed by atoms with E-state index in [1.165, 1.54) is 7.11 Å². The van der Waals surface area contributed by atoms with Crippen LogP contribution in [0.5, 0.6) is 5.75 Å². The number of aromatic nitrogens is 2. The summed E-state index contributed by atoms with van der Waals surface area (Å²) in [6.07, 6.45) is -4.84. The Bertz CT molecular complexity index is 724. The lowest BCUT2D eigenvalue weighted by Gasteiger charge is -2.12. The number of alkyl halides is 3. The van der Waals surface area contributed by atoms with E-state index in [1.807, 2.05) is 0 Å². The zero-order valence-electron chi connectivity index (χ0n) is 12.3. The van der Waals surface area contributed by atoms with E-state index in [0.717, 1.165) is 4.68 Å². The van der Waals surface area contributed by atoms with Crippen LogP contribution < -0.4 is 10.3 Å². The van der Waals surface area contributed by atoms with E-state index in [1.54, 1.807) is 24.3 Å². The molecule has 0 saturated heterocycles. The molecule has 5 nitrogen and oxygen atoms in total. The van der Waals surface area contributed by atoms with E-state index in [2.05, 4.69) is 5.10 Å². The molecule has 0 radical (unpaired) electrons. The van der Waals surface area contributed by atoms with Crippen LogP contribution >= 0.6 is 0 Å². The summed E-state index contributed by atoms with van der Waals surface area (Å²) in [5, 5.41) is 12.8. The molecule has 0 fully saturated rings. The smallest absolute Gasteiger partial charge is 0.421 e. The molecule has 0 aliphatic carbocycles. The highest BCUT2D eigenvalue weighted by Gasteiger charge is 2.35. The molecule has 8 heteroatoms. The third kappa shape index (κ3) is 4.10. The van der Waals surface area contributed by atoms with Crippen molar-refractivity contribution in [1.29, 1.82) is 0 Å². The Morgan fingerprint density at radius 2 is 1.91 bits per heavy atom. The monoisotopic (exact) mass is 328 g/mol. The largest absolute Gasteiger partial charge is 0.497 e. The second-order valence-corrected chi connectivity index (χ2v) is 4.83. The molecule has 1 N–H and O–H groups in total. The van der Waals surface area contributed by atoms with Gasteiger partial charge in [0.25, 0.3) is 5.56 Å². The fourth-order valence-corrected chi connectivity index (χ4v) is 2.05. The van der Waals surface area contributed by atoms with Gasteiger partial charge in [-0.3, -0.25) is 4.79 Å². The van der Waals surface area contributed by atoms with Crippen LogP contribution in [0.4, 0.5) is 13.2 Å². The van der Waals surface area contributed by atoms with Gasteiger partial charge in [0.15, 0.2) is 0 Å². The van der Waals surface area contributed by atoms with E-state index in [9.17, 15) is 18.0 Å². The SMILES string of the molecule is COc1ccc(Cn2nc(CCO)cc(C(F)(F)F)c2=O)cc1. The van der Waals surface area contributed by atoms with Gasteiger partial charge in [-0.1, -0.05) is 12.1 Å². The van der Waals surface area contributed by atoms with Crippen molar-refractivity contribution in [3.63, 3.8) is 0 Å². The lowest BCUT2D eigenvalue weighted by Crippen LogP contribution is -2.32. The van der Waals surface area contributed by atoms with Gasteiger partial charge in [-0.05, 0) is 23.8 Å². The number of benzene rings is 1. The van der Waals surface area contributed by atoms with Gasteiger partial charge >= 0.3 is 6.18 Å². The Labute approximate surface area is 129 Å². The van der Waals surface area contributed by atoms with E-state index in [-0.39, 0.29) is 25.3 Å². The number of hydrogen-bond acceptors (Lipinski definition) is 4. The van der Waals surface area contributed by atoms with E-state index in [4.69, 9.17) is 9.84 Å². The highest BCUT2D eigenvalue weighted by atomic mass is 19.4.